The van der Waals surface area contributed by atoms with Crippen LogP contribution in [0.4, 0.5) is 0 Å². The van der Waals surface area contributed by atoms with Crippen LogP contribution in [0.1, 0.15) is 132 Å². The second-order valence-corrected chi connectivity index (χ2v) is 11.1. The Hall–Kier alpha value is -1.30. The highest BCUT2D eigenvalue weighted by atomic mass is 14.5. The molecule has 0 bridgehead atoms. The largest absolute Gasteiger partial charge is 0.0486 e. The van der Waals surface area contributed by atoms with Crippen LogP contribution in [-0.4, -0.2) is 0 Å². The predicted octanol–water partition coefficient (Wildman–Crippen LogP) is 7.33. The smallest absolute Gasteiger partial charge is 0.0102 e. The maximum Gasteiger partial charge on any atom is -0.0102 e. The molecule has 0 saturated heterocycles. The molecule has 0 nitrogen and oxygen atoms in total. The first kappa shape index (κ1) is 15.5. The van der Waals surface area contributed by atoms with Crippen LogP contribution >= 0.6 is 0 Å². The summed E-state index contributed by atoms with van der Waals surface area (Å²) in [5.74, 6) is 3.61. The van der Waals surface area contributed by atoms with Gasteiger partial charge >= 0.3 is 0 Å². The third kappa shape index (κ3) is 1.69. The van der Waals surface area contributed by atoms with Gasteiger partial charge in [0.2, 0.25) is 0 Å². The summed E-state index contributed by atoms with van der Waals surface area (Å²) in [7, 11) is 0. The van der Waals surface area contributed by atoms with E-state index in [1.165, 1.54) is 89.9 Å². The van der Waals surface area contributed by atoms with Crippen molar-refractivity contribution in [3.63, 3.8) is 0 Å². The molecule has 0 amide bonds. The number of benzene rings is 2. The Bertz CT molecular complexity index is 891. The molecule has 8 rings (SSSR count). The van der Waals surface area contributed by atoms with Gasteiger partial charge in [-0.25, -0.2) is 0 Å². The summed E-state index contributed by atoms with van der Waals surface area (Å²) < 4.78 is 0. The van der Waals surface area contributed by atoms with E-state index in [4.69, 9.17) is 0 Å². The van der Waals surface area contributed by atoms with Crippen LogP contribution < -0.4 is 0 Å². The standard InChI is InChI=1S/C28H32/c1-5-15-13-16-6-3-11-21-22-12-4-8-18-14-17-7-2-10-20-19(9-1)23(15)27(25(16)21)28(24(17)20)26(18)22/h15-18H,1-14H2. The summed E-state index contributed by atoms with van der Waals surface area (Å²) in [6, 6.07) is 0. The van der Waals surface area contributed by atoms with Crippen LogP contribution in [0.3, 0.4) is 0 Å². The first-order chi connectivity index (χ1) is 13.9. The molecule has 0 fully saturated rings. The van der Waals surface area contributed by atoms with E-state index in [0.29, 0.717) is 0 Å². The van der Waals surface area contributed by atoms with Crippen molar-refractivity contribution < 1.29 is 0 Å². The van der Waals surface area contributed by atoms with Gasteiger partial charge in [0, 0.05) is 0 Å². The molecule has 0 aliphatic heterocycles. The van der Waals surface area contributed by atoms with E-state index >= 15 is 0 Å². The molecule has 0 radical (unpaired) electrons. The summed E-state index contributed by atoms with van der Waals surface area (Å²) in [4.78, 5) is 0. The quantitative estimate of drug-likeness (QED) is 0.457. The topological polar surface area (TPSA) is 0 Å². The van der Waals surface area contributed by atoms with Crippen molar-refractivity contribution in [2.45, 2.75) is 114 Å². The molecule has 0 heterocycles. The molecule has 0 saturated carbocycles. The van der Waals surface area contributed by atoms with Crippen molar-refractivity contribution in [1.82, 2.24) is 0 Å². The monoisotopic (exact) mass is 368 g/mol. The molecule has 28 heavy (non-hydrogen) atoms. The van der Waals surface area contributed by atoms with E-state index in [2.05, 4.69) is 0 Å². The number of fused-ring (bicyclic) bond motifs is 2. The van der Waals surface area contributed by atoms with Gasteiger partial charge in [-0.15, -0.1) is 0 Å². The van der Waals surface area contributed by atoms with Crippen molar-refractivity contribution in [2.24, 2.45) is 0 Å². The van der Waals surface area contributed by atoms with Crippen molar-refractivity contribution in [3.05, 3.63) is 44.5 Å². The fourth-order valence-corrected chi connectivity index (χ4v) is 9.33. The van der Waals surface area contributed by atoms with Gasteiger partial charge in [-0.3, -0.25) is 0 Å². The molecule has 0 spiro atoms. The molecule has 0 heteroatoms. The summed E-state index contributed by atoms with van der Waals surface area (Å²) >= 11 is 0. The van der Waals surface area contributed by atoms with Crippen LogP contribution in [0, 0.1) is 0 Å². The lowest BCUT2D eigenvalue weighted by molar-refractivity contribution is 0.402. The average molecular weight is 369 g/mol. The molecule has 6 aliphatic rings. The Balaban J connectivity index is 1.64. The lowest BCUT2D eigenvalue weighted by atomic mass is 9.56. The zero-order valence-corrected chi connectivity index (χ0v) is 17.2. The van der Waals surface area contributed by atoms with Crippen molar-refractivity contribution in [2.75, 3.05) is 0 Å². The van der Waals surface area contributed by atoms with Crippen LogP contribution in [-0.2, 0) is 25.7 Å². The highest BCUT2D eigenvalue weighted by Crippen LogP contribution is 2.62. The van der Waals surface area contributed by atoms with E-state index in [1.807, 2.05) is 55.3 Å². The Morgan fingerprint density at radius 3 is 0.964 bits per heavy atom. The average Bonchev–Trinajstić information content (AvgIpc) is 2.74. The van der Waals surface area contributed by atoms with Gasteiger partial charge in [-0.05, 0) is 169 Å². The van der Waals surface area contributed by atoms with Gasteiger partial charge in [0.15, 0.2) is 0 Å². The van der Waals surface area contributed by atoms with Gasteiger partial charge in [-0.1, -0.05) is 0 Å². The minimum atomic E-state index is 0.903. The Morgan fingerprint density at radius 2 is 0.679 bits per heavy atom. The van der Waals surface area contributed by atoms with Crippen LogP contribution in [0.25, 0.3) is 10.8 Å². The summed E-state index contributed by atoms with van der Waals surface area (Å²) in [6.45, 7) is 0. The van der Waals surface area contributed by atoms with E-state index in [1.54, 1.807) is 0 Å². The van der Waals surface area contributed by atoms with Gasteiger partial charge in [0.1, 0.15) is 0 Å². The molecule has 4 unspecified atom stereocenters. The SMILES string of the molecule is C1Cc2c3c4c5c6c(c7c8c5c2C(C1)CC8CCC7)CCCC6CC4CCC3. The third-order valence-corrected chi connectivity index (χ3v) is 10.0. The van der Waals surface area contributed by atoms with Gasteiger partial charge < -0.3 is 0 Å². The second-order valence-electron chi connectivity index (χ2n) is 11.1. The summed E-state index contributed by atoms with van der Waals surface area (Å²) in [6.07, 6.45) is 20.4. The summed E-state index contributed by atoms with van der Waals surface area (Å²) in [5.41, 5.74) is 15.3. The Labute approximate surface area is 169 Å². The molecule has 2 aromatic rings. The molecular weight excluding hydrogens is 336 g/mol. The molecule has 4 atom stereocenters. The minimum Gasteiger partial charge on any atom is -0.0486 e. The first-order valence-corrected chi connectivity index (χ1v) is 12.6. The predicted molar refractivity (Wildman–Crippen MR) is 116 cm³/mol. The van der Waals surface area contributed by atoms with Gasteiger partial charge in [0.05, 0.1) is 0 Å². The van der Waals surface area contributed by atoms with Crippen LogP contribution in [0.2, 0.25) is 0 Å². The van der Waals surface area contributed by atoms with E-state index < -0.39 is 0 Å². The molecule has 2 aromatic carbocycles. The zero-order valence-electron chi connectivity index (χ0n) is 17.2. The molecule has 6 aliphatic carbocycles. The van der Waals surface area contributed by atoms with Crippen LogP contribution in [0.5, 0.6) is 0 Å². The lowest BCUT2D eigenvalue weighted by Gasteiger charge is -2.48. The van der Waals surface area contributed by atoms with Crippen LogP contribution in [0.15, 0.2) is 0 Å². The second kappa shape index (κ2) is 5.24. The third-order valence-electron chi connectivity index (χ3n) is 10.0. The van der Waals surface area contributed by atoms with Gasteiger partial charge in [-0.2, -0.15) is 0 Å². The first-order valence-electron chi connectivity index (χ1n) is 12.6. The normalized spacial score (nSPS) is 33.9. The molecular formula is C28H32. The minimum absolute atomic E-state index is 0.903. The highest BCUT2D eigenvalue weighted by Gasteiger charge is 2.44. The van der Waals surface area contributed by atoms with Gasteiger partial charge in [0.25, 0.3) is 0 Å². The number of hydrogen-bond acceptors (Lipinski definition) is 0. The summed E-state index contributed by atoms with van der Waals surface area (Å²) in [5, 5.41) is 3.78. The Kier molecular flexibility index (Phi) is 2.91. The number of hydrogen-bond donors (Lipinski definition) is 0. The van der Waals surface area contributed by atoms with E-state index in [0.717, 1.165) is 23.7 Å². The maximum absolute atomic E-state index is 1.92. The van der Waals surface area contributed by atoms with E-state index in [-0.39, 0.29) is 0 Å². The maximum atomic E-state index is 1.92. The van der Waals surface area contributed by atoms with Crippen molar-refractivity contribution >= 4 is 10.8 Å². The lowest BCUT2D eigenvalue weighted by Crippen LogP contribution is -2.31. The van der Waals surface area contributed by atoms with Crippen molar-refractivity contribution in [1.29, 1.82) is 0 Å². The molecule has 144 valence electrons. The molecule has 0 aromatic heterocycles. The van der Waals surface area contributed by atoms with E-state index in [9.17, 15) is 0 Å². The highest BCUT2D eigenvalue weighted by molar-refractivity contribution is 6.01. The van der Waals surface area contributed by atoms with Crippen molar-refractivity contribution in [3.8, 4) is 0 Å². The fourth-order valence-electron chi connectivity index (χ4n) is 9.33. The Morgan fingerprint density at radius 1 is 0.393 bits per heavy atom. The molecule has 0 N–H and O–H groups in total. The fraction of sp³-hybridized carbons (Fsp3) is 0.643. The number of rotatable bonds is 0. The zero-order chi connectivity index (χ0) is 18.0.